The van der Waals surface area contributed by atoms with Crippen molar-refractivity contribution in [1.29, 1.82) is 0 Å². The lowest BCUT2D eigenvalue weighted by atomic mass is 10.2. The van der Waals surface area contributed by atoms with Crippen LogP contribution in [0.1, 0.15) is 17.0 Å². The summed E-state index contributed by atoms with van der Waals surface area (Å²) in [5.74, 6) is -0.535. The van der Waals surface area contributed by atoms with Crippen LogP contribution < -0.4 is 10.2 Å². The van der Waals surface area contributed by atoms with E-state index in [4.69, 9.17) is 4.42 Å². The Labute approximate surface area is 180 Å². The zero-order valence-corrected chi connectivity index (χ0v) is 17.8. The van der Waals surface area contributed by atoms with E-state index < -0.39 is 10.0 Å². The molecule has 2 aromatic carbocycles. The molecule has 1 amide bonds. The van der Waals surface area contributed by atoms with Gasteiger partial charge in [0.25, 0.3) is 5.91 Å². The number of fused-ring (bicyclic) bond motifs is 1. The number of hydrogen-bond donors (Lipinski definition) is 1. The molecule has 0 atom stereocenters. The molecule has 0 aliphatic carbocycles. The molecule has 4 rings (SSSR count). The fraction of sp³-hybridized carbons (Fsp3) is 0.318. The number of amides is 1. The van der Waals surface area contributed by atoms with Gasteiger partial charge in [0.05, 0.1) is 11.4 Å². The van der Waals surface area contributed by atoms with E-state index in [0.29, 0.717) is 43.9 Å². The number of para-hydroxylation sites is 2. The second-order valence-electron chi connectivity index (χ2n) is 7.41. The molecule has 9 heteroatoms. The Morgan fingerprint density at radius 3 is 2.48 bits per heavy atom. The van der Waals surface area contributed by atoms with E-state index in [2.05, 4.69) is 5.32 Å². The van der Waals surface area contributed by atoms with Crippen LogP contribution in [-0.4, -0.2) is 57.1 Å². The van der Waals surface area contributed by atoms with E-state index in [0.717, 1.165) is 5.39 Å². The molecule has 3 aromatic rings. The monoisotopic (exact) mass is 445 g/mol. The molecule has 0 spiro atoms. The van der Waals surface area contributed by atoms with Gasteiger partial charge in [-0.3, -0.25) is 4.79 Å². The zero-order valence-electron chi connectivity index (χ0n) is 17.0. The Morgan fingerprint density at radius 2 is 1.74 bits per heavy atom. The van der Waals surface area contributed by atoms with Crippen LogP contribution in [0.15, 0.2) is 59.0 Å². The number of rotatable bonds is 7. The maximum absolute atomic E-state index is 13.9. The highest BCUT2D eigenvalue weighted by molar-refractivity contribution is 7.89. The van der Waals surface area contributed by atoms with E-state index in [9.17, 15) is 17.6 Å². The van der Waals surface area contributed by atoms with Crippen molar-refractivity contribution in [1.82, 2.24) is 9.62 Å². The van der Waals surface area contributed by atoms with Crippen LogP contribution in [0.2, 0.25) is 0 Å². The number of carbonyl (C=O) groups is 1. The average molecular weight is 446 g/mol. The third kappa shape index (κ3) is 4.88. The van der Waals surface area contributed by atoms with Crippen LogP contribution in [0.4, 0.5) is 10.1 Å². The minimum absolute atomic E-state index is 0.0624. The van der Waals surface area contributed by atoms with E-state index in [1.54, 1.807) is 30.3 Å². The van der Waals surface area contributed by atoms with Gasteiger partial charge in [0.15, 0.2) is 5.76 Å². The molecule has 0 bridgehead atoms. The third-order valence-corrected chi connectivity index (χ3v) is 7.30. The summed E-state index contributed by atoms with van der Waals surface area (Å²) >= 11 is 0. The average Bonchev–Trinajstić information content (AvgIpc) is 3.22. The first-order valence-electron chi connectivity index (χ1n) is 10.2. The van der Waals surface area contributed by atoms with Gasteiger partial charge in [-0.15, -0.1) is 0 Å². The summed E-state index contributed by atoms with van der Waals surface area (Å²) in [5, 5.41) is 3.54. The quantitative estimate of drug-likeness (QED) is 0.566. The van der Waals surface area contributed by atoms with Crippen molar-refractivity contribution in [3.63, 3.8) is 0 Å². The topological polar surface area (TPSA) is 82.9 Å². The van der Waals surface area contributed by atoms with E-state index in [1.807, 2.05) is 23.1 Å². The molecule has 2 heterocycles. The van der Waals surface area contributed by atoms with Gasteiger partial charge in [0.1, 0.15) is 11.4 Å². The molecule has 1 aliphatic rings. The molecular weight excluding hydrogens is 421 g/mol. The summed E-state index contributed by atoms with van der Waals surface area (Å²) in [6.07, 6.45) is 0.293. The number of sulfonamides is 1. The predicted octanol–water partition coefficient (Wildman–Crippen LogP) is 2.84. The molecule has 1 fully saturated rings. The van der Waals surface area contributed by atoms with Crippen molar-refractivity contribution >= 4 is 32.6 Å². The Balaban J connectivity index is 1.24. The second kappa shape index (κ2) is 9.07. The Kier molecular flexibility index (Phi) is 6.24. The van der Waals surface area contributed by atoms with Crippen molar-refractivity contribution in [3.05, 3.63) is 66.2 Å². The molecule has 0 radical (unpaired) electrons. The van der Waals surface area contributed by atoms with Crippen molar-refractivity contribution in [3.8, 4) is 0 Å². The van der Waals surface area contributed by atoms with Crippen molar-refractivity contribution in [2.75, 3.05) is 43.4 Å². The molecule has 164 valence electrons. The first kappa shape index (κ1) is 21.3. The summed E-state index contributed by atoms with van der Waals surface area (Å²) < 4.78 is 46.1. The smallest absolute Gasteiger partial charge is 0.287 e. The summed E-state index contributed by atoms with van der Waals surface area (Å²) in [4.78, 5) is 14.1. The summed E-state index contributed by atoms with van der Waals surface area (Å²) in [7, 11) is -3.44. The minimum atomic E-state index is -3.44. The first-order chi connectivity index (χ1) is 14.9. The lowest BCUT2D eigenvalue weighted by Crippen LogP contribution is -2.49. The van der Waals surface area contributed by atoms with E-state index in [1.165, 1.54) is 10.4 Å². The maximum Gasteiger partial charge on any atom is 0.287 e. The summed E-state index contributed by atoms with van der Waals surface area (Å²) in [6.45, 7) is 1.71. The number of furan rings is 1. The Morgan fingerprint density at radius 1 is 1.03 bits per heavy atom. The SMILES string of the molecule is O=C(NCCCS(=O)(=O)N1CCN(c2ccccc2F)CC1)c1cc2ccccc2o1. The molecule has 0 saturated carbocycles. The summed E-state index contributed by atoms with van der Waals surface area (Å²) in [6, 6.07) is 15.5. The normalized spacial score (nSPS) is 15.3. The van der Waals surface area contributed by atoms with Crippen LogP contribution in [-0.2, 0) is 10.0 Å². The van der Waals surface area contributed by atoms with Crippen molar-refractivity contribution < 1.29 is 22.0 Å². The van der Waals surface area contributed by atoms with Crippen LogP contribution >= 0.6 is 0 Å². The number of benzene rings is 2. The number of carbonyl (C=O) groups excluding carboxylic acids is 1. The van der Waals surface area contributed by atoms with Crippen LogP contribution in [0.25, 0.3) is 11.0 Å². The van der Waals surface area contributed by atoms with Gasteiger partial charge < -0.3 is 14.6 Å². The molecule has 7 nitrogen and oxygen atoms in total. The highest BCUT2D eigenvalue weighted by atomic mass is 32.2. The van der Waals surface area contributed by atoms with Gasteiger partial charge in [-0.25, -0.2) is 12.8 Å². The van der Waals surface area contributed by atoms with Gasteiger partial charge in [-0.05, 0) is 30.7 Å². The van der Waals surface area contributed by atoms with Gasteiger partial charge in [0.2, 0.25) is 10.0 Å². The fourth-order valence-corrected chi connectivity index (χ4v) is 5.17. The van der Waals surface area contributed by atoms with Crippen molar-refractivity contribution in [2.45, 2.75) is 6.42 Å². The van der Waals surface area contributed by atoms with E-state index in [-0.39, 0.29) is 29.8 Å². The van der Waals surface area contributed by atoms with Crippen LogP contribution in [0.3, 0.4) is 0 Å². The Bertz CT molecular complexity index is 1140. The predicted molar refractivity (Wildman–Crippen MR) is 117 cm³/mol. The largest absolute Gasteiger partial charge is 0.451 e. The molecule has 0 unspecified atom stereocenters. The Hall–Kier alpha value is -2.91. The molecule has 31 heavy (non-hydrogen) atoms. The van der Waals surface area contributed by atoms with Gasteiger partial charge >= 0.3 is 0 Å². The van der Waals surface area contributed by atoms with Gasteiger partial charge in [-0.2, -0.15) is 4.31 Å². The number of hydrogen-bond acceptors (Lipinski definition) is 5. The maximum atomic E-state index is 13.9. The molecule has 1 aromatic heterocycles. The number of nitrogens with zero attached hydrogens (tertiary/aromatic N) is 2. The minimum Gasteiger partial charge on any atom is -0.451 e. The first-order valence-corrected chi connectivity index (χ1v) is 11.8. The van der Waals surface area contributed by atoms with Crippen LogP contribution in [0.5, 0.6) is 0 Å². The fourth-order valence-electron chi connectivity index (χ4n) is 3.68. The lowest BCUT2D eigenvalue weighted by molar-refractivity contribution is 0.0928. The number of nitrogens with one attached hydrogen (secondary N) is 1. The number of anilines is 1. The van der Waals surface area contributed by atoms with Crippen LogP contribution in [0, 0.1) is 5.82 Å². The lowest BCUT2D eigenvalue weighted by Gasteiger charge is -2.35. The molecule has 1 saturated heterocycles. The number of piperazine rings is 1. The third-order valence-electron chi connectivity index (χ3n) is 5.34. The second-order valence-corrected chi connectivity index (χ2v) is 9.50. The molecular formula is C22H24FN3O4S. The summed E-state index contributed by atoms with van der Waals surface area (Å²) in [5.41, 5.74) is 1.12. The molecule has 1 N–H and O–H groups in total. The van der Waals surface area contributed by atoms with Gasteiger partial charge in [-0.1, -0.05) is 30.3 Å². The van der Waals surface area contributed by atoms with Crippen molar-refractivity contribution in [2.24, 2.45) is 0 Å². The number of halogens is 1. The zero-order chi connectivity index (χ0) is 21.8. The molecule has 1 aliphatic heterocycles. The standard InChI is InChI=1S/C22H24FN3O4S/c23-18-7-2-3-8-19(18)25-11-13-26(14-12-25)31(28,29)15-5-10-24-22(27)21-16-17-6-1-4-9-20(17)30-21/h1-4,6-9,16H,5,10-15H2,(H,24,27). The highest BCUT2D eigenvalue weighted by Crippen LogP contribution is 2.21. The van der Waals surface area contributed by atoms with Gasteiger partial charge in [0, 0.05) is 38.1 Å². The van der Waals surface area contributed by atoms with E-state index >= 15 is 0 Å². The highest BCUT2D eigenvalue weighted by Gasteiger charge is 2.27.